The molecule has 16 nitrogen and oxygen atoms in total. The fourth-order valence-corrected chi connectivity index (χ4v) is 4.62. The van der Waals surface area contributed by atoms with Gasteiger partial charge in [0, 0.05) is 14.0 Å². The molecule has 0 aliphatic carbocycles. The van der Waals surface area contributed by atoms with E-state index >= 15 is 0 Å². The molecule has 3 heterocycles. The topological polar surface area (TPSA) is 246 Å². The van der Waals surface area contributed by atoms with Crippen LogP contribution >= 0.6 is 0 Å². The smallest absolute Gasteiger partial charge is 0.217 e. The van der Waals surface area contributed by atoms with Crippen LogP contribution in [0.25, 0.3) is 0 Å². The summed E-state index contributed by atoms with van der Waals surface area (Å²) in [6.07, 6.45) is -20.6. The van der Waals surface area contributed by atoms with Gasteiger partial charge in [-0.15, -0.1) is 0 Å². The highest BCUT2D eigenvalue weighted by Gasteiger charge is 2.54. The van der Waals surface area contributed by atoms with Crippen molar-refractivity contribution < 1.29 is 74.1 Å². The van der Waals surface area contributed by atoms with Crippen LogP contribution in [0.2, 0.25) is 0 Å². The van der Waals surface area contributed by atoms with Crippen LogP contribution < -0.4 is 5.32 Å². The Morgan fingerprint density at radius 2 is 1.30 bits per heavy atom. The summed E-state index contributed by atoms with van der Waals surface area (Å²) in [6, 6.07) is -1.37. The Kier molecular flexibility index (Phi) is 10.6. The van der Waals surface area contributed by atoms with Crippen molar-refractivity contribution in [3.8, 4) is 0 Å². The third kappa shape index (κ3) is 6.39. The number of hydrogen-bond acceptors (Lipinski definition) is 15. The number of methoxy groups -OCH3 is 1. The Bertz CT molecular complexity index is 747. The van der Waals surface area contributed by atoms with E-state index in [0.29, 0.717) is 0 Å². The third-order valence-corrected chi connectivity index (χ3v) is 6.71. The molecule has 3 aliphatic heterocycles. The van der Waals surface area contributed by atoms with Gasteiger partial charge in [0.2, 0.25) is 5.91 Å². The Morgan fingerprint density at radius 3 is 1.86 bits per heavy atom. The lowest BCUT2D eigenvalue weighted by molar-refractivity contribution is -0.381. The summed E-state index contributed by atoms with van der Waals surface area (Å²) in [7, 11) is 1.22. The first kappa shape index (κ1) is 30.5. The molecule has 216 valence electrons. The van der Waals surface area contributed by atoms with E-state index < -0.39 is 111 Å². The van der Waals surface area contributed by atoms with Gasteiger partial charge in [0.05, 0.1) is 19.3 Å². The highest BCUT2D eigenvalue weighted by molar-refractivity contribution is 5.73. The zero-order valence-corrected chi connectivity index (χ0v) is 20.5. The maximum atomic E-state index is 11.7. The minimum atomic E-state index is -1.77. The zero-order valence-electron chi connectivity index (χ0n) is 20.5. The molecule has 3 rings (SSSR count). The number of rotatable bonds is 8. The van der Waals surface area contributed by atoms with Gasteiger partial charge in [-0.2, -0.15) is 0 Å². The summed E-state index contributed by atoms with van der Waals surface area (Å²) in [6.45, 7) is 1.13. The molecular formula is C21H37NO15. The number of aliphatic hydroxyl groups excluding tert-OH is 8. The van der Waals surface area contributed by atoms with Gasteiger partial charge in [-0.05, 0) is 6.92 Å². The fourth-order valence-electron chi connectivity index (χ4n) is 4.62. The van der Waals surface area contributed by atoms with Gasteiger partial charge in [0.15, 0.2) is 18.9 Å². The summed E-state index contributed by atoms with van der Waals surface area (Å²) >= 11 is 0. The second-order valence-electron chi connectivity index (χ2n) is 9.26. The Balaban J connectivity index is 1.91. The maximum Gasteiger partial charge on any atom is 0.217 e. The minimum absolute atomic E-state index is 0.614. The molecule has 0 unspecified atom stereocenters. The van der Waals surface area contributed by atoms with Crippen molar-refractivity contribution in [2.45, 2.75) is 106 Å². The van der Waals surface area contributed by atoms with Crippen molar-refractivity contribution in [1.29, 1.82) is 0 Å². The van der Waals surface area contributed by atoms with Crippen LogP contribution in [0.1, 0.15) is 13.8 Å². The van der Waals surface area contributed by atoms with E-state index in [1.54, 1.807) is 0 Å². The average Bonchev–Trinajstić information content (AvgIpc) is 2.85. The van der Waals surface area contributed by atoms with Crippen molar-refractivity contribution in [1.82, 2.24) is 5.32 Å². The van der Waals surface area contributed by atoms with Crippen molar-refractivity contribution >= 4 is 5.91 Å². The first-order chi connectivity index (χ1) is 17.4. The Morgan fingerprint density at radius 1 is 0.757 bits per heavy atom. The summed E-state index contributed by atoms with van der Waals surface area (Å²) in [5.74, 6) is -0.614. The van der Waals surface area contributed by atoms with Crippen LogP contribution in [-0.2, 0) is 33.2 Å². The molecule has 0 aromatic heterocycles. The number of aliphatic hydroxyl groups is 8. The highest BCUT2D eigenvalue weighted by Crippen LogP contribution is 2.33. The molecule has 3 aliphatic rings. The lowest BCUT2D eigenvalue weighted by Gasteiger charge is -2.49. The van der Waals surface area contributed by atoms with E-state index in [4.69, 9.17) is 28.4 Å². The van der Waals surface area contributed by atoms with Gasteiger partial charge in [0.1, 0.15) is 67.1 Å². The number of nitrogens with one attached hydrogen (secondary N) is 1. The molecule has 0 saturated carbocycles. The molecule has 3 saturated heterocycles. The second-order valence-corrected chi connectivity index (χ2v) is 9.26. The van der Waals surface area contributed by atoms with Gasteiger partial charge >= 0.3 is 0 Å². The molecule has 16 heteroatoms. The van der Waals surface area contributed by atoms with Crippen molar-refractivity contribution in [2.75, 3.05) is 20.3 Å². The average molecular weight is 544 g/mol. The predicted molar refractivity (Wildman–Crippen MR) is 116 cm³/mol. The minimum Gasteiger partial charge on any atom is -0.394 e. The predicted octanol–water partition coefficient (Wildman–Crippen LogP) is -5.75. The zero-order chi connectivity index (χ0) is 27.6. The van der Waals surface area contributed by atoms with E-state index in [1.165, 1.54) is 14.0 Å². The molecule has 3 fully saturated rings. The van der Waals surface area contributed by atoms with E-state index in [9.17, 15) is 45.6 Å². The maximum absolute atomic E-state index is 11.7. The van der Waals surface area contributed by atoms with E-state index in [-0.39, 0.29) is 0 Å². The van der Waals surface area contributed by atoms with Crippen LogP contribution in [0.5, 0.6) is 0 Å². The highest BCUT2D eigenvalue weighted by atomic mass is 16.8. The van der Waals surface area contributed by atoms with Crippen molar-refractivity contribution in [3.05, 3.63) is 0 Å². The lowest BCUT2D eigenvalue weighted by Crippen LogP contribution is -2.68. The quantitative estimate of drug-likeness (QED) is 0.138. The van der Waals surface area contributed by atoms with Crippen LogP contribution in [0.15, 0.2) is 0 Å². The standard InChI is InChI=1S/C21H37NO15/c1-6-11(26)14(29)17(32-3)20(33-6)37-18-15(30)12(27)8(4-23)35-21(18)36-16-10(22-7(2)25)19(31)34-9(5-24)13(16)28/h6,8-21,23-24,26-31H,4-5H2,1-3H3,(H,22,25)/t6-,8+,9+,10+,11+,12-,13-,14+,15-,16+,17-,18+,19+,20-,21-/m0/s1. The first-order valence-electron chi connectivity index (χ1n) is 11.8. The number of carbonyl (C=O) groups is 1. The molecule has 0 radical (unpaired) electrons. The summed E-state index contributed by atoms with van der Waals surface area (Å²) in [5, 5.41) is 84.5. The Labute approximate surface area is 212 Å². The third-order valence-electron chi connectivity index (χ3n) is 6.71. The molecule has 9 N–H and O–H groups in total. The van der Waals surface area contributed by atoms with Crippen LogP contribution in [0.4, 0.5) is 0 Å². The van der Waals surface area contributed by atoms with Crippen molar-refractivity contribution in [3.63, 3.8) is 0 Å². The molecule has 0 aromatic rings. The summed E-state index contributed by atoms with van der Waals surface area (Å²) < 4.78 is 33.2. The van der Waals surface area contributed by atoms with Crippen LogP contribution in [0, 0.1) is 0 Å². The molecule has 37 heavy (non-hydrogen) atoms. The molecule has 0 aromatic carbocycles. The second kappa shape index (κ2) is 12.8. The summed E-state index contributed by atoms with van der Waals surface area (Å²) in [5.41, 5.74) is 0. The van der Waals surface area contributed by atoms with Gasteiger partial charge in [-0.1, -0.05) is 0 Å². The molecule has 0 bridgehead atoms. The van der Waals surface area contributed by atoms with Gasteiger partial charge in [-0.3, -0.25) is 4.79 Å². The monoisotopic (exact) mass is 543 g/mol. The van der Waals surface area contributed by atoms with Gasteiger partial charge in [-0.25, -0.2) is 0 Å². The summed E-state index contributed by atoms with van der Waals surface area (Å²) in [4.78, 5) is 11.7. The van der Waals surface area contributed by atoms with E-state index in [2.05, 4.69) is 5.32 Å². The number of ether oxygens (including phenoxy) is 6. The fraction of sp³-hybridized carbons (Fsp3) is 0.952. The SMILES string of the molecule is CO[C@@H]1[C@H](O[C@H]2[C@H](O[C@H]3[C@@H](O)[C@@H](CO)O[C@@H](O)[C@@H]3NC(C)=O)O[C@H](CO)[C@H](O)[C@@H]2O)O[C@@H](C)[C@@H](O)[C@H]1O. The molecule has 15 atom stereocenters. The van der Waals surface area contributed by atoms with Gasteiger partial charge < -0.3 is 74.6 Å². The number of amides is 1. The normalized spacial score (nSPS) is 49.0. The van der Waals surface area contributed by atoms with Crippen molar-refractivity contribution in [2.24, 2.45) is 0 Å². The number of hydrogen-bond donors (Lipinski definition) is 9. The lowest BCUT2D eigenvalue weighted by atomic mass is 9.95. The molecule has 0 spiro atoms. The largest absolute Gasteiger partial charge is 0.394 e. The van der Waals surface area contributed by atoms with Crippen LogP contribution in [0.3, 0.4) is 0 Å². The van der Waals surface area contributed by atoms with Crippen LogP contribution in [-0.4, -0.2) is 159 Å². The Hall–Kier alpha value is -1.09. The first-order valence-corrected chi connectivity index (χ1v) is 11.8. The molecule has 1 amide bonds. The van der Waals surface area contributed by atoms with E-state index in [0.717, 1.165) is 6.92 Å². The number of carbonyl (C=O) groups excluding carboxylic acids is 1. The molecular weight excluding hydrogens is 506 g/mol. The van der Waals surface area contributed by atoms with E-state index in [1.807, 2.05) is 0 Å². The van der Waals surface area contributed by atoms with Gasteiger partial charge in [0.25, 0.3) is 0 Å².